The molecule has 3 heterocycles. The van der Waals surface area contributed by atoms with Crippen LogP contribution in [0.25, 0.3) is 20.5 Å². The molecule has 0 bridgehead atoms. The Bertz CT molecular complexity index is 1320. The van der Waals surface area contributed by atoms with Gasteiger partial charge in [-0.05, 0) is 72.1 Å². The Kier molecular flexibility index (Phi) is 8.32. The zero-order valence-electron chi connectivity index (χ0n) is 23.5. The van der Waals surface area contributed by atoms with Gasteiger partial charge in [0.15, 0.2) is 17.2 Å². The van der Waals surface area contributed by atoms with Gasteiger partial charge < -0.3 is 29.2 Å². The van der Waals surface area contributed by atoms with E-state index in [0.717, 1.165) is 39.1 Å². The fraction of sp³-hybridized carbons (Fsp3) is 0.536. The van der Waals surface area contributed by atoms with E-state index in [4.69, 9.17) is 18.9 Å². The minimum Gasteiger partial charge on any atom is -0.479 e. The smallest absolute Gasteiger partial charge is 0.410 e. The maximum absolute atomic E-state index is 12.5. The highest BCUT2D eigenvalue weighted by Crippen LogP contribution is 2.49. The summed E-state index contributed by atoms with van der Waals surface area (Å²) in [5.74, 6) is -0.680. The highest BCUT2D eigenvalue weighted by Gasteiger charge is 2.29. The number of fused-ring (bicyclic) bond motifs is 3. The molecule has 1 saturated heterocycles. The second kappa shape index (κ2) is 11.2. The molecule has 0 aromatic carbocycles. The second-order valence-electron chi connectivity index (χ2n) is 11.5. The first-order valence-corrected chi connectivity index (χ1v) is 14.6. The number of carbonyl (C=O) groups is 3. The number of ether oxygens (including phenoxy) is 4. The van der Waals surface area contributed by atoms with E-state index in [-0.39, 0.29) is 18.7 Å². The lowest BCUT2D eigenvalue weighted by atomic mass is 10.1. The summed E-state index contributed by atoms with van der Waals surface area (Å²) in [6.07, 6.45) is 1.38. The van der Waals surface area contributed by atoms with Crippen LogP contribution in [0.15, 0.2) is 17.5 Å². The van der Waals surface area contributed by atoms with Crippen LogP contribution < -0.4 is 10.1 Å². The Morgan fingerprint density at radius 1 is 1.03 bits per heavy atom. The topological polar surface area (TPSA) is 103 Å². The van der Waals surface area contributed by atoms with Crippen LogP contribution in [0.3, 0.4) is 0 Å². The van der Waals surface area contributed by atoms with Crippen molar-refractivity contribution in [3.63, 3.8) is 0 Å². The molecular formula is C28H36N2O7S2. The Balaban J connectivity index is 1.50. The van der Waals surface area contributed by atoms with Crippen molar-refractivity contribution in [2.45, 2.75) is 71.6 Å². The van der Waals surface area contributed by atoms with Gasteiger partial charge >= 0.3 is 18.0 Å². The number of esters is 2. The van der Waals surface area contributed by atoms with E-state index < -0.39 is 23.1 Å². The minimum atomic E-state index is -0.638. The van der Waals surface area contributed by atoms with Gasteiger partial charge in [-0.1, -0.05) is 0 Å². The van der Waals surface area contributed by atoms with Crippen LogP contribution in [-0.4, -0.2) is 67.0 Å². The van der Waals surface area contributed by atoms with Gasteiger partial charge in [-0.2, -0.15) is 0 Å². The highest BCUT2D eigenvalue weighted by molar-refractivity contribution is 7.22. The number of thiophene rings is 1. The van der Waals surface area contributed by atoms with Gasteiger partial charge in [0.2, 0.25) is 0 Å². The Morgan fingerprint density at radius 2 is 1.69 bits per heavy atom. The third-order valence-corrected chi connectivity index (χ3v) is 8.07. The molecule has 0 saturated carbocycles. The number of nitrogens with zero attached hydrogens (tertiary/aromatic N) is 1. The largest absolute Gasteiger partial charge is 0.479 e. The molecule has 0 spiro atoms. The lowest BCUT2D eigenvalue weighted by molar-refractivity contribution is -0.157. The number of likely N-dealkylation sites (tertiary alicyclic amines) is 1. The molecule has 1 amide bonds. The lowest BCUT2D eigenvalue weighted by Gasteiger charge is -2.34. The normalized spacial score (nSPS) is 14.9. The van der Waals surface area contributed by atoms with Crippen LogP contribution in [0, 0.1) is 0 Å². The molecule has 9 nitrogen and oxygen atoms in total. The molecule has 4 rings (SSSR count). The number of amides is 1. The zero-order chi connectivity index (χ0) is 28.5. The van der Waals surface area contributed by atoms with E-state index in [9.17, 15) is 14.4 Å². The molecule has 0 unspecified atom stereocenters. The average molecular weight is 577 g/mol. The first kappa shape index (κ1) is 28.9. The fourth-order valence-electron chi connectivity index (χ4n) is 4.37. The third-order valence-electron chi connectivity index (χ3n) is 5.92. The summed E-state index contributed by atoms with van der Waals surface area (Å²) in [6, 6.07) is 4.34. The molecule has 212 valence electrons. The van der Waals surface area contributed by atoms with Crippen molar-refractivity contribution in [3.8, 4) is 16.2 Å². The predicted octanol–water partition coefficient (Wildman–Crippen LogP) is 6.39. The maximum atomic E-state index is 12.5. The summed E-state index contributed by atoms with van der Waals surface area (Å²) in [7, 11) is 1.32. The van der Waals surface area contributed by atoms with Crippen molar-refractivity contribution in [2.75, 3.05) is 32.1 Å². The summed E-state index contributed by atoms with van der Waals surface area (Å²) in [6.45, 7) is 11.9. The SMILES string of the molecule is COC(=O)c1sc2cc3cc(NC4CCN(C(=O)OC(C)(C)C)CC4)csc-3c2c1OCC(=O)OC(C)(C)C. The van der Waals surface area contributed by atoms with E-state index in [0.29, 0.717) is 23.7 Å². The first-order valence-electron chi connectivity index (χ1n) is 12.9. The number of hydrogen-bond donors (Lipinski definition) is 1. The van der Waals surface area contributed by atoms with Gasteiger partial charge in [0.05, 0.1) is 12.5 Å². The predicted molar refractivity (Wildman–Crippen MR) is 153 cm³/mol. The molecule has 2 aliphatic heterocycles. The fourth-order valence-corrected chi connectivity index (χ4v) is 6.51. The standard InChI is InChI=1S/C28H36N2O7S2/c1-27(2,3)36-20(31)14-35-22-21-19(39-24(22)25(32)34-7)13-16-12-18(15-38-23(16)21)29-17-8-10-30(11-9-17)26(33)37-28(4,5)6/h12-13,15,17,29H,8-11,14H2,1-7H3. The van der Waals surface area contributed by atoms with Gasteiger partial charge in [0.25, 0.3) is 0 Å². The summed E-state index contributed by atoms with van der Waals surface area (Å²) < 4.78 is 22.6. The maximum Gasteiger partial charge on any atom is 0.410 e. The highest BCUT2D eigenvalue weighted by atomic mass is 32.1. The van der Waals surface area contributed by atoms with E-state index in [1.165, 1.54) is 18.4 Å². The summed E-state index contributed by atoms with van der Waals surface area (Å²) in [4.78, 5) is 40.2. The number of piperidine rings is 1. The van der Waals surface area contributed by atoms with Gasteiger partial charge in [-0.15, -0.1) is 22.7 Å². The molecule has 0 atom stereocenters. The van der Waals surface area contributed by atoms with E-state index in [2.05, 4.69) is 11.4 Å². The molecule has 1 fully saturated rings. The summed E-state index contributed by atoms with van der Waals surface area (Å²) in [5.41, 5.74) is 0.857. The van der Waals surface area contributed by atoms with Crippen LogP contribution in [0.5, 0.6) is 5.75 Å². The van der Waals surface area contributed by atoms with E-state index >= 15 is 0 Å². The molecular weight excluding hydrogens is 540 g/mol. The number of carbonyl (C=O) groups excluding carboxylic acids is 3. The van der Waals surface area contributed by atoms with Gasteiger partial charge in [-0.3, -0.25) is 0 Å². The molecule has 3 aliphatic rings. The molecule has 0 radical (unpaired) electrons. The van der Waals surface area contributed by atoms with Crippen molar-refractivity contribution >= 4 is 56.5 Å². The Hall–Kier alpha value is -3.05. The van der Waals surface area contributed by atoms with Crippen LogP contribution in [0.2, 0.25) is 0 Å². The second-order valence-corrected chi connectivity index (χ2v) is 13.4. The van der Waals surface area contributed by atoms with Gasteiger partial charge in [0, 0.05) is 39.8 Å². The first-order chi connectivity index (χ1) is 18.2. The van der Waals surface area contributed by atoms with Crippen LogP contribution >= 0.6 is 22.7 Å². The molecule has 1 N–H and O–H groups in total. The van der Waals surface area contributed by atoms with Crippen LogP contribution in [-0.2, 0) is 19.0 Å². The molecule has 1 aromatic rings. The van der Waals surface area contributed by atoms with Crippen molar-refractivity contribution in [1.82, 2.24) is 4.90 Å². The third kappa shape index (κ3) is 7.13. The van der Waals surface area contributed by atoms with Crippen molar-refractivity contribution in [2.24, 2.45) is 0 Å². The molecule has 1 aliphatic carbocycles. The number of hydrogen-bond acceptors (Lipinski definition) is 10. The van der Waals surface area contributed by atoms with E-state index in [1.807, 2.05) is 32.2 Å². The molecule has 11 heteroatoms. The Labute approximate surface area is 236 Å². The van der Waals surface area contributed by atoms with Gasteiger partial charge in [0.1, 0.15) is 11.2 Å². The quantitative estimate of drug-likeness (QED) is 0.266. The number of rotatable bonds is 6. The minimum absolute atomic E-state index is 0.239. The van der Waals surface area contributed by atoms with Crippen LogP contribution in [0.1, 0.15) is 64.1 Å². The van der Waals surface area contributed by atoms with Crippen molar-refractivity contribution in [1.29, 1.82) is 0 Å². The number of anilines is 1. The van der Waals surface area contributed by atoms with Crippen LogP contribution in [0.4, 0.5) is 10.5 Å². The van der Waals surface area contributed by atoms with Crippen molar-refractivity contribution < 1.29 is 33.3 Å². The molecule has 1 aromatic heterocycles. The Morgan fingerprint density at radius 3 is 2.31 bits per heavy atom. The lowest BCUT2D eigenvalue weighted by Crippen LogP contribution is -2.44. The zero-order valence-corrected chi connectivity index (χ0v) is 25.1. The van der Waals surface area contributed by atoms with Gasteiger partial charge in [-0.25, -0.2) is 14.4 Å². The summed E-state index contributed by atoms with van der Waals surface area (Å²) >= 11 is 2.82. The van der Waals surface area contributed by atoms with Crippen molar-refractivity contribution in [3.05, 3.63) is 22.4 Å². The molecule has 39 heavy (non-hydrogen) atoms. The monoisotopic (exact) mass is 576 g/mol. The van der Waals surface area contributed by atoms with E-state index in [1.54, 1.807) is 37.0 Å². The summed E-state index contributed by atoms with van der Waals surface area (Å²) in [5, 5.41) is 6.43. The number of methoxy groups -OCH3 is 1. The average Bonchev–Trinajstić information content (AvgIpc) is 3.36. The number of nitrogens with one attached hydrogen (secondary N) is 1.